The highest BCUT2D eigenvalue weighted by molar-refractivity contribution is 6.31. The van der Waals surface area contributed by atoms with E-state index in [-0.39, 0.29) is 10.7 Å². The van der Waals surface area contributed by atoms with Gasteiger partial charge < -0.3 is 10.2 Å². The SMILES string of the molecule is FC(F)(F)c1cc(N=CNN2CCOCC2)ccc1Cl. The zero-order chi connectivity index (χ0) is 14.6. The molecule has 110 valence electrons. The number of nitrogens with zero attached hydrogens (tertiary/aromatic N) is 2. The topological polar surface area (TPSA) is 36.9 Å². The lowest BCUT2D eigenvalue weighted by Crippen LogP contribution is -2.44. The minimum Gasteiger partial charge on any atom is -0.379 e. The number of hydrazine groups is 1. The number of benzene rings is 1. The van der Waals surface area contributed by atoms with Gasteiger partial charge in [-0.2, -0.15) is 13.2 Å². The molecule has 0 radical (unpaired) electrons. The quantitative estimate of drug-likeness (QED) is 0.689. The highest BCUT2D eigenvalue weighted by Crippen LogP contribution is 2.36. The molecule has 0 unspecified atom stereocenters. The van der Waals surface area contributed by atoms with Gasteiger partial charge in [0.2, 0.25) is 0 Å². The van der Waals surface area contributed by atoms with Gasteiger partial charge in [0.05, 0.1) is 29.5 Å². The molecule has 0 spiro atoms. The van der Waals surface area contributed by atoms with Crippen LogP contribution in [0.2, 0.25) is 5.02 Å². The smallest absolute Gasteiger partial charge is 0.379 e. The molecule has 0 aliphatic carbocycles. The largest absolute Gasteiger partial charge is 0.417 e. The Balaban J connectivity index is 2.02. The first kappa shape index (κ1) is 15.1. The number of ether oxygens (including phenoxy) is 1. The monoisotopic (exact) mass is 307 g/mol. The molecule has 0 aromatic heterocycles. The number of hydrogen-bond acceptors (Lipinski definition) is 3. The van der Waals surface area contributed by atoms with Gasteiger partial charge in [0.25, 0.3) is 0 Å². The van der Waals surface area contributed by atoms with Crippen molar-refractivity contribution in [3.05, 3.63) is 28.8 Å². The fraction of sp³-hybridized carbons (Fsp3) is 0.417. The van der Waals surface area contributed by atoms with E-state index in [0.29, 0.717) is 26.3 Å². The molecule has 1 heterocycles. The summed E-state index contributed by atoms with van der Waals surface area (Å²) in [5, 5.41) is 1.53. The predicted octanol–water partition coefficient (Wildman–Crippen LogP) is 2.86. The molecule has 0 atom stereocenters. The molecule has 1 aliphatic heterocycles. The molecule has 1 N–H and O–H groups in total. The maximum absolute atomic E-state index is 12.7. The van der Waals surface area contributed by atoms with Crippen molar-refractivity contribution in [3.8, 4) is 0 Å². The molecular formula is C12H13ClF3N3O. The van der Waals surface area contributed by atoms with Crippen LogP contribution in [0.5, 0.6) is 0 Å². The van der Waals surface area contributed by atoms with Crippen molar-refractivity contribution >= 4 is 23.6 Å². The first-order valence-electron chi connectivity index (χ1n) is 5.95. The molecule has 1 saturated heterocycles. The van der Waals surface area contributed by atoms with Crippen LogP contribution < -0.4 is 5.43 Å². The molecule has 8 heteroatoms. The Morgan fingerprint density at radius 1 is 1.30 bits per heavy atom. The molecule has 4 nitrogen and oxygen atoms in total. The average Bonchev–Trinajstić information content (AvgIpc) is 2.40. The van der Waals surface area contributed by atoms with Gasteiger partial charge in [0.1, 0.15) is 6.34 Å². The van der Waals surface area contributed by atoms with Crippen LogP contribution in [0, 0.1) is 0 Å². The molecule has 20 heavy (non-hydrogen) atoms. The van der Waals surface area contributed by atoms with E-state index < -0.39 is 11.7 Å². The van der Waals surface area contributed by atoms with Crippen molar-refractivity contribution in [3.63, 3.8) is 0 Å². The number of morpholine rings is 1. The lowest BCUT2D eigenvalue weighted by molar-refractivity contribution is -0.137. The highest BCUT2D eigenvalue weighted by atomic mass is 35.5. The summed E-state index contributed by atoms with van der Waals surface area (Å²) in [6.45, 7) is 2.61. The van der Waals surface area contributed by atoms with Gasteiger partial charge in [-0.3, -0.25) is 0 Å². The Bertz CT molecular complexity index is 487. The molecule has 0 saturated carbocycles. The molecule has 1 aromatic carbocycles. The number of nitrogens with one attached hydrogen (secondary N) is 1. The third-order valence-electron chi connectivity index (χ3n) is 2.72. The summed E-state index contributed by atoms with van der Waals surface area (Å²) in [5.74, 6) is 0. The Hall–Kier alpha value is -1.31. The number of hydrogen-bond donors (Lipinski definition) is 1. The minimum atomic E-state index is -4.49. The normalized spacial score (nSPS) is 17.6. The second-order valence-corrected chi connectivity index (χ2v) is 4.56. The third-order valence-corrected chi connectivity index (χ3v) is 3.05. The zero-order valence-electron chi connectivity index (χ0n) is 10.5. The summed E-state index contributed by atoms with van der Waals surface area (Å²) in [6.07, 6.45) is -3.13. The van der Waals surface area contributed by atoms with E-state index in [4.69, 9.17) is 16.3 Å². The molecule has 1 aliphatic rings. The van der Waals surface area contributed by atoms with Gasteiger partial charge in [-0.05, 0) is 18.2 Å². The van der Waals surface area contributed by atoms with Crippen molar-refractivity contribution in [1.29, 1.82) is 0 Å². The van der Waals surface area contributed by atoms with Gasteiger partial charge in [-0.1, -0.05) is 11.6 Å². The highest BCUT2D eigenvalue weighted by Gasteiger charge is 2.33. The Morgan fingerprint density at radius 3 is 2.65 bits per heavy atom. The number of aliphatic imine (C=N–C) groups is 1. The fourth-order valence-electron chi connectivity index (χ4n) is 1.69. The van der Waals surface area contributed by atoms with E-state index in [2.05, 4.69) is 10.4 Å². The molecule has 0 amide bonds. The van der Waals surface area contributed by atoms with Crippen molar-refractivity contribution in [1.82, 2.24) is 10.4 Å². The van der Waals surface area contributed by atoms with Crippen LogP contribution in [-0.4, -0.2) is 37.7 Å². The van der Waals surface area contributed by atoms with Gasteiger partial charge in [-0.15, -0.1) is 0 Å². The summed E-state index contributed by atoms with van der Waals surface area (Å²) in [5.41, 5.74) is 2.18. The van der Waals surface area contributed by atoms with E-state index in [1.807, 2.05) is 5.01 Å². The summed E-state index contributed by atoms with van der Waals surface area (Å²) in [6, 6.07) is 3.53. The first-order valence-corrected chi connectivity index (χ1v) is 6.33. The van der Waals surface area contributed by atoms with E-state index in [1.54, 1.807) is 0 Å². The maximum atomic E-state index is 12.7. The van der Waals surface area contributed by atoms with Crippen LogP contribution >= 0.6 is 11.6 Å². The van der Waals surface area contributed by atoms with Crippen molar-refractivity contribution in [2.75, 3.05) is 26.3 Å². The van der Waals surface area contributed by atoms with Crippen LogP contribution in [0.25, 0.3) is 0 Å². The van der Waals surface area contributed by atoms with Gasteiger partial charge in [0, 0.05) is 13.1 Å². The fourth-order valence-corrected chi connectivity index (χ4v) is 1.91. The number of alkyl halides is 3. The number of halogens is 4. The second kappa shape index (κ2) is 6.43. The van der Waals surface area contributed by atoms with E-state index in [1.165, 1.54) is 18.5 Å². The Kier molecular flexibility index (Phi) is 4.85. The van der Waals surface area contributed by atoms with Crippen LogP contribution in [0.15, 0.2) is 23.2 Å². The average molecular weight is 308 g/mol. The standard InChI is InChI=1S/C12H13ClF3N3O/c13-11-2-1-9(7-10(11)12(14,15)16)17-8-18-19-3-5-20-6-4-19/h1-2,7-8H,3-6H2,(H,17,18). The summed E-state index contributed by atoms with van der Waals surface area (Å²) >= 11 is 5.53. The lowest BCUT2D eigenvalue weighted by atomic mass is 10.2. The molecule has 1 fully saturated rings. The second-order valence-electron chi connectivity index (χ2n) is 4.15. The third kappa shape index (κ3) is 4.09. The van der Waals surface area contributed by atoms with E-state index >= 15 is 0 Å². The first-order chi connectivity index (χ1) is 9.47. The minimum absolute atomic E-state index is 0.183. The van der Waals surface area contributed by atoms with Gasteiger partial charge in [-0.25, -0.2) is 10.0 Å². The Labute approximate surface area is 119 Å². The summed E-state index contributed by atoms with van der Waals surface area (Å²) < 4.78 is 43.2. The van der Waals surface area contributed by atoms with E-state index in [9.17, 15) is 13.2 Å². The van der Waals surface area contributed by atoms with Crippen molar-refractivity contribution in [2.24, 2.45) is 4.99 Å². The summed E-state index contributed by atoms with van der Waals surface area (Å²) in [7, 11) is 0. The molecule has 2 rings (SSSR count). The molecular weight excluding hydrogens is 295 g/mol. The van der Waals surface area contributed by atoms with Gasteiger partial charge >= 0.3 is 6.18 Å². The van der Waals surface area contributed by atoms with Crippen LogP contribution in [0.1, 0.15) is 5.56 Å². The van der Waals surface area contributed by atoms with E-state index in [0.717, 1.165) is 6.07 Å². The zero-order valence-corrected chi connectivity index (χ0v) is 11.2. The van der Waals surface area contributed by atoms with Gasteiger partial charge in [0.15, 0.2) is 0 Å². The molecule has 0 bridgehead atoms. The van der Waals surface area contributed by atoms with Crippen molar-refractivity contribution < 1.29 is 17.9 Å². The van der Waals surface area contributed by atoms with Crippen LogP contribution in [0.3, 0.4) is 0 Å². The Morgan fingerprint density at radius 2 is 2.00 bits per heavy atom. The summed E-state index contributed by atoms with van der Waals surface area (Å²) in [4.78, 5) is 3.94. The van der Waals surface area contributed by atoms with Crippen LogP contribution in [0.4, 0.5) is 18.9 Å². The maximum Gasteiger partial charge on any atom is 0.417 e. The predicted molar refractivity (Wildman–Crippen MR) is 70.1 cm³/mol. The van der Waals surface area contributed by atoms with Crippen molar-refractivity contribution in [2.45, 2.75) is 6.18 Å². The number of rotatable bonds is 3. The van der Waals surface area contributed by atoms with Crippen LogP contribution in [-0.2, 0) is 10.9 Å². The molecule has 1 aromatic rings. The lowest BCUT2D eigenvalue weighted by Gasteiger charge is -2.25.